The van der Waals surface area contributed by atoms with Crippen molar-refractivity contribution in [1.29, 1.82) is 0 Å². The minimum Gasteiger partial charge on any atom is -0.495 e. The standard InChI is InChI=1S/C25H22N2O5/c1-16(31-17-10-4-3-5-11-17)24(28)27-22-18-12-6-8-14-20(18)32-23(22)25(29)26-19-13-7-9-15-21(19)30-2/h3-16H,1-2H3,(H,26,29)(H,27,28)/t16-/m1/s1. The highest BCUT2D eigenvalue weighted by Gasteiger charge is 2.25. The number of methoxy groups -OCH3 is 1. The molecule has 2 N–H and O–H groups in total. The number of carbonyl (C=O) groups is 2. The first-order valence-electron chi connectivity index (χ1n) is 10.1. The summed E-state index contributed by atoms with van der Waals surface area (Å²) < 4.78 is 16.8. The third kappa shape index (κ3) is 4.41. The highest BCUT2D eigenvalue weighted by Crippen LogP contribution is 2.33. The maximum atomic E-state index is 13.1. The van der Waals surface area contributed by atoms with Gasteiger partial charge in [0.15, 0.2) is 6.10 Å². The molecular weight excluding hydrogens is 408 g/mol. The number of para-hydroxylation sites is 4. The normalized spacial score (nSPS) is 11.6. The maximum Gasteiger partial charge on any atom is 0.293 e. The first-order chi connectivity index (χ1) is 15.6. The second-order valence-electron chi connectivity index (χ2n) is 7.02. The Balaban J connectivity index is 1.61. The fraction of sp³-hybridized carbons (Fsp3) is 0.120. The molecular formula is C25H22N2O5. The van der Waals surface area contributed by atoms with Gasteiger partial charge in [-0.2, -0.15) is 0 Å². The minimum atomic E-state index is -0.795. The maximum absolute atomic E-state index is 13.1. The van der Waals surface area contributed by atoms with Crippen molar-refractivity contribution in [2.45, 2.75) is 13.0 Å². The Morgan fingerprint density at radius 3 is 2.34 bits per heavy atom. The summed E-state index contributed by atoms with van der Waals surface area (Å²) in [6.07, 6.45) is -0.795. The van der Waals surface area contributed by atoms with Crippen LogP contribution < -0.4 is 20.1 Å². The average molecular weight is 430 g/mol. The Hall–Kier alpha value is -4.26. The van der Waals surface area contributed by atoms with Crippen molar-refractivity contribution < 1.29 is 23.5 Å². The van der Waals surface area contributed by atoms with Crippen molar-refractivity contribution in [2.75, 3.05) is 17.7 Å². The van der Waals surface area contributed by atoms with Crippen molar-refractivity contribution >= 4 is 34.2 Å². The molecule has 3 aromatic carbocycles. The van der Waals surface area contributed by atoms with Gasteiger partial charge >= 0.3 is 0 Å². The summed E-state index contributed by atoms with van der Waals surface area (Å²) in [6.45, 7) is 1.64. The van der Waals surface area contributed by atoms with Gasteiger partial charge in [0.1, 0.15) is 22.8 Å². The Labute approximate surface area is 184 Å². The van der Waals surface area contributed by atoms with E-state index in [0.29, 0.717) is 28.2 Å². The first-order valence-corrected chi connectivity index (χ1v) is 10.1. The molecule has 1 heterocycles. The van der Waals surface area contributed by atoms with E-state index < -0.39 is 17.9 Å². The summed E-state index contributed by atoms with van der Waals surface area (Å²) in [4.78, 5) is 25.9. The Bertz CT molecular complexity index is 1250. The van der Waals surface area contributed by atoms with Gasteiger partial charge in [-0.3, -0.25) is 9.59 Å². The Morgan fingerprint density at radius 1 is 0.875 bits per heavy atom. The number of hydrogen-bond acceptors (Lipinski definition) is 5. The molecule has 0 aliphatic carbocycles. The van der Waals surface area contributed by atoms with Gasteiger partial charge in [-0.05, 0) is 43.3 Å². The van der Waals surface area contributed by atoms with Gasteiger partial charge in [-0.15, -0.1) is 0 Å². The largest absolute Gasteiger partial charge is 0.495 e. The molecule has 2 amide bonds. The molecule has 0 bridgehead atoms. The molecule has 0 unspecified atom stereocenters. The van der Waals surface area contributed by atoms with Gasteiger partial charge in [0.05, 0.1) is 12.8 Å². The lowest BCUT2D eigenvalue weighted by Crippen LogP contribution is -2.30. The van der Waals surface area contributed by atoms with Crippen LogP contribution in [0, 0.1) is 0 Å². The second-order valence-corrected chi connectivity index (χ2v) is 7.02. The van der Waals surface area contributed by atoms with Crippen LogP contribution in [0.4, 0.5) is 11.4 Å². The quantitative estimate of drug-likeness (QED) is 0.426. The molecule has 0 aliphatic heterocycles. The number of amides is 2. The molecule has 4 aromatic rings. The lowest BCUT2D eigenvalue weighted by atomic mass is 10.2. The van der Waals surface area contributed by atoms with Crippen LogP contribution in [0.25, 0.3) is 11.0 Å². The predicted octanol–water partition coefficient (Wildman–Crippen LogP) is 5.10. The Kier molecular flexibility index (Phi) is 6.07. The van der Waals surface area contributed by atoms with Crippen LogP contribution in [0.3, 0.4) is 0 Å². The SMILES string of the molecule is COc1ccccc1NC(=O)c1oc2ccccc2c1NC(=O)[C@@H](C)Oc1ccccc1. The molecule has 4 rings (SSSR count). The van der Waals surface area contributed by atoms with E-state index in [2.05, 4.69) is 10.6 Å². The van der Waals surface area contributed by atoms with Crippen LogP contribution in [0.1, 0.15) is 17.5 Å². The van der Waals surface area contributed by atoms with E-state index >= 15 is 0 Å². The molecule has 7 nitrogen and oxygen atoms in total. The minimum absolute atomic E-state index is 0.0163. The molecule has 1 aromatic heterocycles. The number of benzene rings is 3. The van der Waals surface area contributed by atoms with Gasteiger partial charge in [0.2, 0.25) is 5.76 Å². The van der Waals surface area contributed by atoms with Crippen molar-refractivity contribution in [3.05, 3.63) is 84.6 Å². The Morgan fingerprint density at radius 2 is 1.56 bits per heavy atom. The van der Waals surface area contributed by atoms with E-state index in [1.807, 2.05) is 18.2 Å². The van der Waals surface area contributed by atoms with Crippen molar-refractivity contribution in [3.63, 3.8) is 0 Å². The van der Waals surface area contributed by atoms with Crippen molar-refractivity contribution in [1.82, 2.24) is 0 Å². The third-order valence-electron chi connectivity index (χ3n) is 4.83. The van der Waals surface area contributed by atoms with Crippen molar-refractivity contribution in [3.8, 4) is 11.5 Å². The van der Waals surface area contributed by atoms with Crippen LogP contribution in [0.2, 0.25) is 0 Å². The summed E-state index contributed by atoms with van der Waals surface area (Å²) in [5, 5.41) is 6.19. The van der Waals surface area contributed by atoms with Crippen LogP contribution in [0.15, 0.2) is 83.3 Å². The third-order valence-corrected chi connectivity index (χ3v) is 4.83. The molecule has 0 aliphatic rings. The second kappa shape index (κ2) is 9.26. The molecule has 0 spiro atoms. The van der Waals surface area contributed by atoms with E-state index in [4.69, 9.17) is 13.9 Å². The summed E-state index contributed by atoms with van der Waals surface area (Å²) in [5.74, 6) is 0.135. The monoisotopic (exact) mass is 430 g/mol. The zero-order valence-corrected chi connectivity index (χ0v) is 17.6. The first kappa shape index (κ1) is 21.0. The molecule has 0 saturated heterocycles. The molecule has 32 heavy (non-hydrogen) atoms. The van der Waals surface area contributed by atoms with Crippen LogP contribution in [-0.4, -0.2) is 25.0 Å². The number of carbonyl (C=O) groups excluding carboxylic acids is 2. The lowest BCUT2D eigenvalue weighted by molar-refractivity contribution is -0.122. The summed E-state index contributed by atoms with van der Waals surface area (Å²) in [6, 6.07) is 23.2. The number of nitrogens with one attached hydrogen (secondary N) is 2. The van der Waals surface area contributed by atoms with Crippen LogP contribution >= 0.6 is 0 Å². The van der Waals surface area contributed by atoms with Crippen LogP contribution in [-0.2, 0) is 4.79 Å². The summed E-state index contributed by atoms with van der Waals surface area (Å²) >= 11 is 0. The van der Waals surface area contributed by atoms with Gasteiger partial charge in [0, 0.05) is 5.39 Å². The van der Waals surface area contributed by atoms with Gasteiger partial charge in [-0.1, -0.05) is 42.5 Å². The number of ether oxygens (including phenoxy) is 2. The molecule has 1 atom stereocenters. The zero-order chi connectivity index (χ0) is 22.5. The zero-order valence-electron chi connectivity index (χ0n) is 17.6. The fourth-order valence-electron chi connectivity index (χ4n) is 3.24. The van der Waals surface area contributed by atoms with Crippen LogP contribution in [0.5, 0.6) is 11.5 Å². The van der Waals surface area contributed by atoms with E-state index in [1.54, 1.807) is 67.6 Å². The summed E-state index contributed by atoms with van der Waals surface area (Å²) in [7, 11) is 1.52. The van der Waals surface area contributed by atoms with Crippen molar-refractivity contribution in [2.24, 2.45) is 0 Å². The molecule has 0 radical (unpaired) electrons. The predicted molar refractivity (Wildman–Crippen MR) is 122 cm³/mol. The fourth-order valence-corrected chi connectivity index (χ4v) is 3.24. The van der Waals surface area contributed by atoms with Gasteiger partial charge in [0.25, 0.3) is 11.8 Å². The number of anilines is 2. The summed E-state index contributed by atoms with van der Waals surface area (Å²) in [5.41, 5.74) is 1.24. The number of fused-ring (bicyclic) bond motifs is 1. The highest BCUT2D eigenvalue weighted by atomic mass is 16.5. The smallest absolute Gasteiger partial charge is 0.293 e. The molecule has 7 heteroatoms. The van der Waals surface area contributed by atoms with Gasteiger partial charge in [-0.25, -0.2) is 0 Å². The van der Waals surface area contributed by atoms with E-state index in [1.165, 1.54) is 7.11 Å². The highest BCUT2D eigenvalue weighted by molar-refractivity contribution is 6.15. The topological polar surface area (TPSA) is 89.8 Å². The molecule has 0 fully saturated rings. The van der Waals surface area contributed by atoms with E-state index in [9.17, 15) is 9.59 Å². The van der Waals surface area contributed by atoms with Gasteiger partial charge < -0.3 is 24.5 Å². The molecule has 162 valence electrons. The lowest BCUT2D eigenvalue weighted by Gasteiger charge is -2.15. The number of furan rings is 1. The van der Waals surface area contributed by atoms with E-state index in [-0.39, 0.29) is 11.4 Å². The number of rotatable bonds is 7. The van der Waals surface area contributed by atoms with E-state index in [0.717, 1.165) is 0 Å². The number of hydrogen-bond donors (Lipinski definition) is 2. The average Bonchev–Trinajstić information content (AvgIpc) is 3.18. The molecule has 0 saturated carbocycles.